The molecule has 6 rings (SSSR count). The molecule has 4 aliphatic carbocycles. The second-order valence-corrected chi connectivity index (χ2v) is 21.8. The number of ether oxygens (including phenoxy) is 1. The van der Waals surface area contributed by atoms with E-state index in [0.29, 0.717) is 23.9 Å². The SMILES string of the molecule is CC(C)(C)[Si](C)(C)OC1CC[C@@]2(C)C(=CC[C@@H]3[C@H]2CC[C@]2(C)C([C@]4(C)CN[C@@H](Cc5ccccc5)C(=O)O4)CC[C@@H]32)C1. The summed E-state index contributed by atoms with van der Waals surface area (Å²) in [6.07, 6.45) is 13.6. The number of hydrogen-bond donors (Lipinski definition) is 1. The second-order valence-electron chi connectivity index (χ2n) is 17.0. The molecule has 5 heteroatoms. The van der Waals surface area contributed by atoms with Crippen LogP contribution in [0.1, 0.15) is 98.5 Å². The Bertz CT molecular complexity index is 1210. The lowest BCUT2D eigenvalue weighted by Gasteiger charge is -2.59. The standard InChI is InChI=1S/C37H57NO3Si/c1-34(2,3)42(7,8)41-27-18-20-35(4)26(23-27)14-15-28-29-16-17-32(36(29,5)21-19-30(28)35)37(6)24-38-31(33(39)40-37)22-25-12-10-9-11-13-25/h9-14,27-32,38H,15-24H2,1-8H3/t27?,28-,29-,30+,31-,32?,35-,36-,37-/m0/s1. The first-order valence-electron chi connectivity index (χ1n) is 17.0. The van der Waals surface area contributed by atoms with Crippen molar-refractivity contribution in [3.05, 3.63) is 47.5 Å². The molecule has 3 saturated carbocycles. The molecule has 1 aliphatic heterocycles. The third-order valence-corrected chi connectivity index (χ3v) is 18.2. The number of carbonyl (C=O) groups excluding carboxylic acids is 1. The number of benzene rings is 1. The van der Waals surface area contributed by atoms with Crippen molar-refractivity contribution < 1.29 is 14.0 Å². The predicted octanol–water partition coefficient (Wildman–Crippen LogP) is 8.47. The van der Waals surface area contributed by atoms with Crippen LogP contribution in [0, 0.1) is 34.5 Å². The maximum atomic E-state index is 13.3. The summed E-state index contributed by atoms with van der Waals surface area (Å²) < 4.78 is 13.4. The molecule has 4 fully saturated rings. The van der Waals surface area contributed by atoms with E-state index in [9.17, 15) is 4.79 Å². The largest absolute Gasteiger partial charge is 0.457 e. The van der Waals surface area contributed by atoms with Gasteiger partial charge >= 0.3 is 5.97 Å². The lowest BCUT2D eigenvalue weighted by Crippen LogP contribution is -2.62. The molecule has 42 heavy (non-hydrogen) atoms. The molecule has 0 radical (unpaired) electrons. The molecular formula is C37H57NO3Si. The molecule has 0 spiro atoms. The summed E-state index contributed by atoms with van der Waals surface area (Å²) in [5.41, 5.74) is 3.01. The molecule has 1 heterocycles. The highest BCUT2D eigenvalue weighted by molar-refractivity contribution is 6.74. The van der Waals surface area contributed by atoms with Crippen molar-refractivity contribution in [3.63, 3.8) is 0 Å². The number of carbonyl (C=O) groups is 1. The van der Waals surface area contributed by atoms with E-state index in [2.05, 4.69) is 78.2 Å². The van der Waals surface area contributed by atoms with Crippen LogP contribution < -0.4 is 5.32 Å². The summed E-state index contributed by atoms with van der Waals surface area (Å²) >= 11 is 0. The van der Waals surface area contributed by atoms with Crippen molar-refractivity contribution in [2.24, 2.45) is 34.5 Å². The van der Waals surface area contributed by atoms with E-state index < -0.39 is 13.9 Å². The topological polar surface area (TPSA) is 47.6 Å². The van der Waals surface area contributed by atoms with Crippen LogP contribution in [-0.4, -0.2) is 38.6 Å². The molecule has 9 atom stereocenters. The van der Waals surface area contributed by atoms with Gasteiger partial charge in [-0.3, -0.25) is 4.79 Å². The lowest BCUT2D eigenvalue weighted by atomic mass is 9.46. The minimum Gasteiger partial charge on any atom is -0.457 e. The Balaban J connectivity index is 1.15. The van der Waals surface area contributed by atoms with Crippen molar-refractivity contribution in [1.29, 1.82) is 0 Å². The fraction of sp³-hybridized carbons (Fsp3) is 0.757. The van der Waals surface area contributed by atoms with Gasteiger partial charge in [0.1, 0.15) is 11.6 Å². The van der Waals surface area contributed by atoms with Crippen LogP contribution in [0.4, 0.5) is 0 Å². The number of hydrogen-bond acceptors (Lipinski definition) is 4. The van der Waals surface area contributed by atoms with Crippen molar-refractivity contribution in [1.82, 2.24) is 5.32 Å². The van der Waals surface area contributed by atoms with Gasteiger partial charge in [-0.1, -0.05) is 76.6 Å². The van der Waals surface area contributed by atoms with E-state index in [1.807, 2.05) is 18.2 Å². The fourth-order valence-electron chi connectivity index (χ4n) is 10.3. The molecule has 232 valence electrons. The molecule has 0 bridgehead atoms. The van der Waals surface area contributed by atoms with Crippen molar-refractivity contribution in [2.75, 3.05) is 6.54 Å². The fourth-order valence-corrected chi connectivity index (χ4v) is 11.7. The zero-order chi connectivity index (χ0) is 30.1. The van der Waals surface area contributed by atoms with Crippen LogP contribution >= 0.6 is 0 Å². The first-order chi connectivity index (χ1) is 19.7. The van der Waals surface area contributed by atoms with Crippen LogP contribution in [-0.2, 0) is 20.4 Å². The average Bonchev–Trinajstić information content (AvgIpc) is 3.28. The van der Waals surface area contributed by atoms with Gasteiger partial charge in [0.05, 0.1) is 0 Å². The van der Waals surface area contributed by atoms with Gasteiger partial charge in [0.25, 0.3) is 0 Å². The van der Waals surface area contributed by atoms with E-state index in [0.717, 1.165) is 30.7 Å². The third-order valence-electron chi connectivity index (χ3n) is 13.7. The molecule has 2 unspecified atom stereocenters. The van der Waals surface area contributed by atoms with Gasteiger partial charge in [-0.25, -0.2) is 0 Å². The van der Waals surface area contributed by atoms with Gasteiger partial charge in [-0.05, 0) is 117 Å². The molecule has 0 aromatic heterocycles. The first-order valence-corrected chi connectivity index (χ1v) is 19.9. The van der Waals surface area contributed by atoms with Crippen LogP contribution in [0.3, 0.4) is 0 Å². The summed E-state index contributed by atoms with van der Waals surface area (Å²) in [6, 6.07) is 10.1. The Morgan fingerprint density at radius 3 is 2.43 bits per heavy atom. The minimum atomic E-state index is -1.76. The van der Waals surface area contributed by atoms with E-state index in [1.165, 1.54) is 50.5 Å². The Kier molecular flexibility index (Phi) is 7.71. The smallest absolute Gasteiger partial charge is 0.324 e. The third kappa shape index (κ3) is 5.07. The van der Waals surface area contributed by atoms with Crippen molar-refractivity contribution >= 4 is 14.3 Å². The maximum Gasteiger partial charge on any atom is 0.324 e. The number of esters is 1. The van der Waals surface area contributed by atoms with E-state index in [-0.39, 0.29) is 22.5 Å². The van der Waals surface area contributed by atoms with E-state index >= 15 is 0 Å². The highest BCUT2D eigenvalue weighted by Gasteiger charge is 2.63. The molecule has 1 aromatic carbocycles. The number of fused-ring (bicyclic) bond motifs is 5. The van der Waals surface area contributed by atoms with Gasteiger partial charge in [-0.2, -0.15) is 0 Å². The van der Waals surface area contributed by atoms with Gasteiger partial charge < -0.3 is 14.5 Å². The number of rotatable bonds is 5. The summed E-state index contributed by atoms with van der Waals surface area (Å²) in [5, 5.41) is 3.89. The van der Waals surface area contributed by atoms with Crippen molar-refractivity contribution in [3.8, 4) is 0 Å². The Morgan fingerprint density at radius 1 is 1.00 bits per heavy atom. The molecule has 1 saturated heterocycles. The molecule has 5 aliphatic rings. The summed E-state index contributed by atoms with van der Waals surface area (Å²) in [7, 11) is -1.76. The normalized spacial score (nSPS) is 42.2. The number of morpholine rings is 1. The number of allylic oxidation sites excluding steroid dienone is 1. The van der Waals surface area contributed by atoms with Gasteiger partial charge in [0.2, 0.25) is 0 Å². The zero-order valence-corrected chi connectivity index (χ0v) is 28.7. The Labute approximate surface area is 256 Å². The predicted molar refractivity (Wildman–Crippen MR) is 174 cm³/mol. The highest BCUT2D eigenvalue weighted by Crippen LogP contribution is 2.68. The molecule has 0 amide bonds. The van der Waals surface area contributed by atoms with Crippen LogP contribution in [0.5, 0.6) is 0 Å². The Hall–Kier alpha value is -1.43. The number of cyclic esters (lactones) is 1. The van der Waals surface area contributed by atoms with Gasteiger partial charge in [0, 0.05) is 18.6 Å². The van der Waals surface area contributed by atoms with Crippen molar-refractivity contribution in [2.45, 2.75) is 135 Å². The van der Waals surface area contributed by atoms with E-state index in [1.54, 1.807) is 5.57 Å². The lowest BCUT2D eigenvalue weighted by molar-refractivity contribution is -0.184. The molecule has 1 N–H and O–H groups in total. The summed E-state index contributed by atoms with van der Waals surface area (Å²) in [5.74, 6) is 2.59. The van der Waals surface area contributed by atoms with Crippen LogP contribution in [0.25, 0.3) is 0 Å². The molecule has 4 nitrogen and oxygen atoms in total. The summed E-state index contributed by atoms with van der Waals surface area (Å²) in [4.78, 5) is 13.3. The Morgan fingerprint density at radius 2 is 1.74 bits per heavy atom. The summed E-state index contributed by atoms with van der Waals surface area (Å²) in [6.45, 7) is 20.1. The second kappa shape index (κ2) is 10.6. The van der Waals surface area contributed by atoms with Crippen LogP contribution in [0.2, 0.25) is 18.1 Å². The van der Waals surface area contributed by atoms with Gasteiger partial charge in [0.15, 0.2) is 8.32 Å². The zero-order valence-electron chi connectivity index (χ0n) is 27.7. The monoisotopic (exact) mass is 591 g/mol. The van der Waals surface area contributed by atoms with Crippen LogP contribution in [0.15, 0.2) is 42.0 Å². The highest BCUT2D eigenvalue weighted by atomic mass is 28.4. The quantitative estimate of drug-likeness (QED) is 0.212. The number of nitrogens with one attached hydrogen (secondary N) is 1. The van der Waals surface area contributed by atoms with E-state index in [4.69, 9.17) is 9.16 Å². The molecular weight excluding hydrogens is 534 g/mol. The minimum absolute atomic E-state index is 0.0669. The van der Waals surface area contributed by atoms with Gasteiger partial charge in [-0.15, -0.1) is 0 Å². The maximum absolute atomic E-state index is 13.3. The average molecular weight is 592 g/mol. The first kappa shape index (κ1) is 30.6. The molecule has 1 aromatic rings.